The molecule has 0 amide bonds. The van der Waals surface area contributed by atoms with E-state index in [9.17, 15) is 0 Å². The molecule has 4 heteroatoms. The number of nitrogens with zero attached hydrogens (tertiary/aromatic N) is 1. The van der Waals surface area contributed by atoms with E-state index in [1.165, 1.54) is 24.0 Å². The van der Waals surface area contributed by atoms with Crippen molar-refractivity contribution < 1.29 is 0 Å². The lowest BCUT2D eigenvalue weighted by molar-refractivity contribution is 0.571. The van der Waals surface area contributed by atoms with Crippen LogP contribution in [0.5, 0.6) is 0 Å². The minimum atomic E-state index is 0.0653. The van der Waals surface area contributed by atoms with Crippen LogP contribution in [0, 0.1) is 0 Å². The van der Waals surface area contributed by atoms with Crippen LogP contribution < -0.4 is 16.6 Å². The smallest absolute Gasteiger partial charge is 0.116 e. The van der Waals surface area contributed by atoms with Crippen LogP contribution in [0.4, 0.5) is 0 Å². The highest BCUT2D eigenvalue weighted by molar-refractivity contribution is 5.43. The molecule has 1 aromatic heterocycles. The van der Waals surface area contributed by atoms with E-state index in [1.807, 2.05) is 24.4 Å². The summed E-state index contributed by atoms with van der Waals surface area (Å²) in [5.74, 6) is 0.735. The Balaban J connectivity index is 1.95. The Hall–Kier alpha value is -1.81. The summed E-state index contributed by atoms with van der Waals surface area (Å²) in [6.07, 6.45) is 8.93. The summed E-state index contributed by atoms with van der Waals surface area (Å²) in [4.78, 5) is 4.42. The zero-order chi connectivity index (χ0) is 12.4. The number of hydrazine groups is 1. The van der Waals surface area contributed by atoms with E-state index >= 15 is 0 Å². The zero-order valence-corrected chi connectivity index (χ0v) is 10.3. The lowest BCUT2D eigenvalue weighted by Crippen LogP contribution is -2.29. The average molecular weight is 242 g/mol. The number of nitrogens with two attached hydrogens (primary N) is 1. The zero-order valence-electron chi connectivity index (χ0n) is 10.3. The maximum Gasteiger partial charge on any atom is 0.116 e. The van der Waals surface area contributed by atoms with Gasteiger partial charge in [-0.15, -0.1) is 0 Å². The van der Waals surface area contributed by atoms with Crippen molar-refractivity contribution in [1.29, 1.82) is 0 Å². The molecule has 0 aromatic carbocycles. The van der Waals surface area contributed by atoms with E-state index in [0.717, 1.165) is 24.4 Å². The Morgan fingerprint density at radius 1 is 1.28 bits per heavy atom. The molecule has 1 atom stereocenters. The molecule has 0 radical (unpaired) electrons. The molecule has 1 aromatic rings. The van der Waals surface area contributed by atoms with Gasteiger partial charge < -0.3 is 11.2 Å². The highest BCUT2D eigenvalue weighted by Crippen LogP contribution is 2.34. The quantitative estimate of drug-likeness (QED) is 0.741. The monoisotopic (exact) mass is 242 g/mol. The second-order valence-electron chi connectivity index (χ2n) is 4.76. The van der Waals surface area contributed by atoms with Gasteiger partial charge in [-0.1, -0.05) is 12.1 Å². The third-order valence-corrected chi connectivity index (χ3v) is 3.55. The van der Waals surface area contributed by atoms with Crippen LogP contribution >= 0.6 is 0 Å². The largest absolute Gasteiger partial charge is 0.384 e. The Morgan fingerprint density at radius 2 is 2.22 bits per heavy atom. The van der Waals surface area contributed by atoms with E-state index < -0.39 is 0 Å². The number of hydrogen-bond donors (Lipinski definition) is 3. The first-order valence-corrected chi connectivity index (χ1v) is 6.48. The van der Waals surface area contributed by atoms with Gasteiger partial charge in [-0.05, 0) is 43.4 Å². The summed E-state index contributed by atoms with van der Waals surface area (Å²) in [5.41, 5.74) is 15.9. The van der Waals surface area contributed by atoms with Crippen molar-refractivity contribution in [2.24, 2.45) is 5.73 Å². The predicted octanol–water partition coefficient (Wildman–Crippen LogP) is 1.90. The molecule has 0 saturated heterocycles. The normalized spacial score (nSPS) is 23.8. The molecule has 0 fully saturated rings. The van der Waals surface area contributed by atoms with Crippen molar-refractivity contribution in [3.63, 3.8) is 0 Å². The standard InChI is InChI=1S/C14H18N4/c15-14-12(10-6-2-1-3-7-10)13(17-18-14)11-8-4-5-9-16-11/h4-6,8-9,13,17-18H,1-3,7,15H2. The van der Waals surface area contributed by atoms with Gasteiger partial charge in [-0.25, -0.2) is 5.43 Å². The molecule has 4 N–H and O–H groups in total. The van der Waals surface area contributed by atoms with Gasteiger partial charge in [0.2, 0.25) is 0 Å². The van der Waals surface area contributed by atoms with E-state index in [-0.39, 0.29) is 6.04 Å². The Kier molecular flexibility index (Phi) is 3.02. The van der Waals surface area contributed by atoms with E-state index in [2.05, 4.69) is 21.9 Å². The highest BCUT2D eigenvalue weighted by Gasteiger charge is 2.28. The average Bonchev–Trinajstić information content (AvgIpc) is 2.83. The van der Waals surface area contributed by atoms with Crippen LogP contribution in [0.3, 0.4) is 0 Å². The first kappa shape index (κ1) is 11.3. The van der Waals surface area contributed by atoms with Crippen molar-refractivity contribution in [2.75, 3.05) is 0 Å². The molecule has 1 unspecified atom stereocenters. The predicted molar refractivity (Wildman–Crippen MR) is 71.0 cm³/mol. The van der Waals surface area contributed by atoms with Crippen molar-refractivity contribution in [1.82, 2.24) is 15.8 Å². The van der Waals surface area contributed by atoms with Gasteiger partial charge in [0.25, 0.3) is 0 Å². The number of allylic oxidation sites excluding steroid dienone is 1. The summed E-state index contributed by atoms with van der Waals surface area (Å²) in [6.45, 7) is 0. The van der Waals surface area contributed by atoms with E-state index in [4.69, 9.17) is 5.73 Å². The molecule has 0 spiro atoms. The molecule has 94 valence electrons. The summed E-state index contributed by atoms with van der Waals surface area (Å²) in [7, 11) is 0. The van der Waals surface area contributed by atoms with Gasteiger partial charge in [-0.2, -0.15) is 0 Å². The number of hydrogen-bond acceptors (Lipinski definition) is 4. The van der Waals surface area contributed by atoms with Gasteiger partial charge in [0.15, 0.2) is 0 Å². The van der Waals surface area contributed by atoms with Gasteiger partial charge >= 0.3 is 0 Å². The maximum atomic E-state index is 6.07. The molecular weight excluding hydrogens is 224 g/mol. The van der Waals surface area contributed by atoms with Gasteiger partial charge in [0, 0.05) is 11.8 Å². The van der Waals surface area contributed by atoms with Crippen molar-refractivity contribution in [3.8, 4) is 0 Å². The number of aromatic nitrogens is 1. The molecule has 2 heterocycles. The van der Waals surface area contributed by atoms with Crippen molar-refractivity contribution in [3.05, 3.63) is 53.1 Å². The minimum Gasteiger partial charge on any atom is -0.384 e. The molecule has 2 aliphatic rings. The topological polar surface area (TPSA) is 63.0 Å². The first-order valence-electron chi connectivity index (χ1n) is 6.48. The van der Waals surface area contributed by atoms with Crippen LogP contribution in [0.1, 0.15) is 37.4 Å². The fourth-order valence-electron chi connectivity index (χ4n) is 2.65. The highest BCUT2D eigenvalue weighted by atomic mass is 15.4. The van der Waals surface area contributed by atoms with Crippen LogP contribution in [-0.2, 0) is 0 Å². The molecule has 1 aliphatic heterocycles. The second kappa shape index (κ2) is 4.82. The Labute approximate surface area is 107 Å². The molecule has 0 bridgehead atoms. The molecule has 0 saturated carbocycles. The molecule has 1 aliphatic carbocycles. The van der Waals surface area contributed by atoms with Crippen LogP contribution in [0.15, 0.2) is 47.4 Å². The van der Waals surface area contributed by atoms with Gasteiger partial charge in [-0.3, -0.25) is 4.98 Å². The molecule has 3 rings (SSSR count). The van der Waals surface area contributed by atoms with Crippen molar-refractivity contribution >= 4 is 0 Å². The molecule has 18 heavy (non-hydrogen) atoms. The van der Waals surface area contributed by atoms with Crippen LogP contribution in [0.25, 0.3) is 0 Å². The summed E-state index contributed by atoms with van der Waals surface area (Å²) < 4.78 is 0. The fourth-order valence-corrected chi connectivity index (χ4v) is 2.65. The van der Waals surface area contributed by atoms with E-state index in [1.54, 1.807) is 0 Å². The maximum absolute atomic E-state index is 6.07. The first-order chi connectivity index (χ1) is 8.86. The van der Waals surface area contributed by atoms with Crippen molar-refractivity contribution in [2.45, 2.75) is 31.7 Å². The molecular formula is C14H18N4. The third kappa shape index (κ3) is 1.99. The fraction of sp³-hybridized carbons (Fsp3) is 0.357. The number of rotatable bonds is 2. The molecule has 4 nitrogen and oxygen atoms in total. The van der Waals surface area contributed by atoms with E-state index in [0.29, 0.717) is 0 Å². The van der Waals surface area contributed by atoms with Gasteiger partial charge in [0.05, 0.1) is 11.7 Å². The SMILES string of the molecule is NC1=C(C2=CCCCC2)C(c2ccccn2)NN1. The lowest BCUT2D eigenvalue weighted by Gasteiger charge is -2.19. The summed E-state index contributed by atoms with van der Waals surface area (Å²) in [5, 5.41) is 0. The number of nitrogens with one attached hydrogen (secondary N) is 2. The second-order valence-corrected chi connectivity index (χ2v) is 4.76. The lowest BCUT2D eigenvalue weighted by atomic mass is 9.89. The Bertz CT molecular complexity index is 490. The van der Waals surface area contributed by atoms with Gasteiger partial charge in [0.1, 0.15) is 5.82 Å². The Morgan fingerprint density at radius 3 is 2.94 bits per heavy atom. The van der Waals surface area contributed by atoms with Crippen LogP contribution in [-0.4, -0.2) is 4.98 Å². The number of pyridine rings is 1. The third-order valence-electron chi connectivity index (χ3n) is 3.55. The summed E-state index contributed by atoms with van der Waals surface area (Å²) >= 11 is 0. The van der Waals surface area contributed by atoms with Crippen LogP contribution in [0.2, 0.25) is 0 Å². The minimum absolute atomic E-state index is 0.0653. The summed E-state index contributed by atoms with van der Waals surface area (Å²) in [6, 6.07) is 6.03.